The zero-order valence-corrected chi connectivity index (χ0v) is 20.1. The van der Waals surface area contributed by atoms with Gasteiger partial charge in [0, 0.05) is 21.3 Å². The van der Waals surface area contributed by atoms with Crippen LogP contribution in [-0.4, -0.2) is 25.1 Å². The van der Waals surface area contributed by atoms with E-state index >= 15 is 0 Å². The summed E-state index contributed by atoms with van der Waals surface area (Å²) in [6.07, 6.45) is 1.09. The normalized spacial score (nSPS) is 10.7. The maximum atomic E-state index is 12.1. The number of benzene rings is 3. The molecule has 0 heterocycles. The van der Waals surface area contributed by atoms with Gasteiger partial charge >= 0.3 is 0 Å². The lowest BCUT2D eigenvalue weighted by Crippen LogP contribution is -2.24. The first kappa shape index (κ1) is 25.1. The van der Waals surface area contributed by atoms with E-state index in [9.17, 15) is 9.59 Å². The van der Waals surface area contributed by atoms with Crippen LogP contribution in [0.3, 0.4) is 0 Å². The summed E-state index contributed by atoms with van der Waals surface area (Å²) in [5.74, 6) is 0.0422. The van der Waals surface area contributed by atoms with E-state index < -0.39 is 11.8 Å². The molecule has 9 heteroatoms. The second kappa shape index (κ2) is 12.1. The maximum absolute atomic E-state index is 12.1. The molecule has 0 aliphatic rings. The third-order valence-electron chi connectivity index (χ3n) is 4.73. The summed E-state index contributed by atoms with van der Waals surface area (Å²) in [4.78, 5) is 24.1. The fraction of sp³-hybridized carbons (Fsp3) is 0.160. The number of nitrogens with zero attached hydrogens (tertiary/aromatic N) is 1. The highest BCUT2D eigenvalue weighted by Gasteiger charge is 2.11. The fourth-order valence-corrected chi connectivity index (χ4v) is 3.41. The topological polar surface area (TPSA) is 89.0 Å². The molecule has 3 rings (SSSR count). The summed E-state index contributed by atoms with van der Waals surface area (Å²) in [6.45, 7) is 2.11. The number of hydrazone groups is 1. The van der Waals surface area contributed by atoms with Crippen LogP contribution in [0.4, 0.5) is 5.69 Å². The molecular formula is C25H23Cl2N3O4. The van der Waals surface area contributed by atoms with Crippen molar-refractivity contribution >= 4 is 46.9 Å². The van der Waals surface area contributed by atoms with Crippen LogP contribution in [-0.2, 0) is 16.2 Å². The molecule has 0 aliphatic heterocycles. The number of ether oxygens (including phenoxy) is 2. The van der Waals surface area contributed by atoms with E-state index in [0.29, 0.717) is 32.8 Å². The quantitative estimate of drug-likeness (QED) is 0.235. The zero-order valence-electron chi connectivity index (χ0n) is 18.6. The van der Waals surface area contributed by atoms with Gasteiger partial charge in [0.05, 0.1) is 13.3 Å². The molecule has 2 amide bonds. The molecule has 0 atom stereocenters. The van der Waals surface area contributed by atoms with Gasteiger partial charge < -0.3 is 14.8 Å². The number of carbonyl (C=O) groups is 2. The molecule has 0 aromatic heterocycles. The Morgan fingerprint density at radius 2 is 1.79 bits per heavy atom. The molecule has 3 aromatic carbocycles. The molecule has 0 bridgehead atoms. The molecule has 0 fully saturated rings. The Morgan fingerprint density at radius 3 is 2.53 bits per heavy atom. The number of aryl methyl sites for hydroxylation is 1. The Bertz CT molecular complexity index is 1210. The lowest BCUT2D eigenvalue weighted by molar-refractivity contribution is -0.126. The number of methoxy groups -OCH3 is 1. The number of rotatable bonds is 9. The third-order valence-corrected chi connectivity index (χ3v) is 5.32. The van der Waals surface area contributed by atoms with Crippen LogP contribution in [0.2, 0.25) is 10.0 Å². The smallest absolute Gasteiger partial charge is 0.249 e. The van der Waals surface area contributed by atoms with Crippen LogP contribution in [0.5, 0.6) is 11.5 Å². The Kier molecular flexibility index (Phi) is 8.90. The number of carbonyl (C=O) groups excluding carboxylic acids is 2. The van der Waals surface area contributed by atoms with E-state index in [1.165, 1.54) is 13.3 Å². The van der Waals surface area contributed by atoms with Crippen molar-refractivity contribution in [2.75, 3.05) is 12.4 Å². The van der Waals surface area contributed by atoms with Crippen molar-refractivity contribution < 1.29 is 19.1 Å². The Hall–Kier alpha value is -3.55. The van der Waals surface area contributed by atoms with E-state index in [0.717, 1.165) is 11.1 Å². The number of anilines is 1. The van der Waals surface area contributed by atoms with Crippen molar-refractivity contribution in [1.82, 2.24) is 5.43 Å². The molecule has 2 N–H and O–H groups in total. The van der Waals surface area contributed by atoms with Crippen LogP contribution >= 0.6 is 23.2 Å². The Morgan fingerprint density at radius 1 is 1.00 bits per heavy atom. The van der Waals surface area contributed by atoms with E-state index in [1.807, 2.05) is 25.1 Å². The van der Waals surface area contributed by atoms with Gasteiger partial charge in [-0.3, -0.25) is 9.59 Å². The van der Waals surface area contributed by atoms with Gasteiger partial charge in [-0.15, -0.1) is 0 Å². The zero-order chi connectivity index (χ0) is 24.5. The van der Waals surface area contributed by atoms with Gasteiger partial charge in [-0.05, 0) is 54.4 Å². The first-order chi connectivity index (χ1) is 16.4. The van der Waals surface area contributed by atoms with Crippen LogP contribution < -0.4 is 20.2 Å². The molecule has 0 saturated heterocycles. The highest BCUT2D eigenvalue weighted by atomic mass is 35.5. The summed E-state index contributed by atoms with van der Waals surface area (Å²) in [5, 5.41) is 7.67. The van der Waals surface area contributed by atoms with Gasteiger partial charge in [0.15, 0.2) is 11.5 Å². The third kappa shape index (κ3) is 7.23. The van der Waals surface area contributed by atoms with Gasteiger partial charge in [-0.25, -0.2) is 5.43 Å². The van der Waals surface area contributed by atoms with E-state index in [4.69, 9.17) is 32.7 Å². The van der Waals surface area contributed by atoms with E-state index in [1.54, 1.807) is 42.5 Å². The first-order valence-corrected chi connectivity index (χ1v) is 11.0. The molecule has 176 valence electrons. The SMILES string of the molecule is COc1cc(C=NNC(=O)CC(=O)Nc2ccccc2C)ccc1OCc1ccc(Cl)cc1Cl. The predicted octanol–water partition coefficient (Wildman–Crippen LogP) is 5.37. The Balaban J connectivity index is 1.53. The minimum atomic E-state index is -0.533. The van der Waals surface area contributed by atoms with Crippen molar-refractivity contribution in [3.63, 3.8) is 0 Å². The lowest BCUT2D eigenvalue weighted by Gasteiger charge is -2.12. The predicted molar refractivity (Wildman–Crippen MR) is 134 cm³/mol. The summed E-state index contributed by atoms with van der Waals surface area (Å²) < 4.78 is 11.2. The molecule has 0 saturated carbocycles. The number of halogens is 2. The second-order valence-electron chi connectivity index (χ2n) is 7.27. The van der Waals surface area contributed by atoms with Gasteiger partial charge in [0.1, 0.15) is 13.0 Å². The van der Waals surface area contributed by atoms with Gasteiger partial charge in [0.2, 0.25) is 11.8 Å². The summed E-state index contributed by atoms with van der Waals surface area (Å²) >= 11 is 12.1. The average Bonchev–Trinajstić information content (AvgIpc) is 2.80. The molecule has 0 aliphatic carbocycles. The number of amides is 2. The summed E-state index contributed by atoms with van der Waals surface area (Å²) in [7, 11) is 1.52. The first-order valence-electron chi connectivity index (χ1n) is 10.3. The largest absolute Gasteiger partial charge is 0.493 e. The van der Waals surface area contributed by atoms with Crippen LogP contribution in [0.15, 0.2) is 65.8 Å². The highest BCUT2D eigenvalue weighted by molar-refractivity contribution is 6.35. The van der Waals surface area contributed by atoms with Crippen molar-refractivity contribution in [3.05, 3.63) is 87.4 Å². The lowest BCUT2D eigenvalue weighted by atomic mass is 10.2. The minimum Gasteiger partial charge on any atom is -0.493 e. The van der Waals surface area contributed by atoms with Crippen LogP contribution in [0, 0.1) is 6.92 Å². The van der Waals surface area contributed by atoms with Crippen LogP contribution in [0.25, 0.3) is 0 Å². The maximum Gasteiger partial charge on any atom is 0.249 e. The van der Waals surface area contributed by atoms with E-state index in [-0.39, 0.29) is 13.0 Å². The molecule has 34 heavy (non-hydrogen) atoms. The highest BCUT2D eigenvalue weighted by Crippen LogP contribution is 2.29. The molecule has 7 nitrogen and oxygen atoms in total. The standard InChI is InChI=1S/C25H23Cl2N3O4/c1-16-5-3-4-6-21(16)29-24(31)13-25(32)30-28-14-17-7-10-22(23(11-17)33-2)34-15-18-8-9-19(26)12-20(18)27/h3-12,14H,13,15H2,1-2H3,(H,29,31)(H,30,32). The molecule has 3 aromatic rings. The van der Waals surface area contributed by atoms with Crippen molar-refractivity contribution in [3.8, 4) is 11.5 Å². The van der Waals surface area contributed by atoms with Gasteiger partial charge in [-0.1, -0.05) is 47.5 Å². The van der Waals surface area contributed by atoms with Gasteiger partial charge in [-0.2, -0.15) is 5.10 Å². The molecule has 0 radical (unpaired) electrons. The average molecular weight is 500 g/mol. The monoisotopic (exact) mass is 499 g/mol. The summed E-state index contributed by atoms with van der Waals surface area (Å²) in [5.41, 5.74) is 5.37. The summed E-state index contributed by atoms with van der Waals surface area (Å²) in [6, 6.07) is 17.7. The number of para-hydroxylation sites is 1. The molecular weight excluding hydrogens is 477 g/mol. The fourth-order valence-electron chi connectivity index (χ4n) is 2.95. The molecule has 0 spiro atoms. The van der Waals surface area contributed by atoms with Crippen molar-refractivity contribution in [1.29, 1.82) is 0 Å². The van der Waals surface area contributed by atoms with E-state index in [2.05, 4.69) is 15.8 Å². The minimum absolute atomic E-state index is 0.237. The van der Waals surface area contributed by atoms with Crippen molar-refractivity contribution in [2.45, 2.75) is 20.0 Å². The molecule has 0 unspecified atom stereocenters. The van der Waals surface area contributed by atoms with Gasteiger partial charge in [0.25, 0.3) is 0 Å². The number of nitrogens with one attached hydrogen (secondary N) is 2. The number of hydrogen-bond donors (Lipinski definition) is 2. The number of hydrogen-bond acceptors (Lipinski definition) is 5. The Labute approximate surface area is 207 Å². The second-order valence-corrected chi connectivity index (χ2v) is 8.11. The van der Waals surface area contributed by atoms with Crippen LogP contribution in [0.1, 0.15) is 23.1 Å². The van der Waals surface area contributed by atoms with Crippen molar-refractivity contribution in [2.24, 2.45) is 5.10 Å².